The highest BCUT2D eigenvalue weighted by Crippen LogP contribution is 2.21. The molecule has 4 N–H and O–H groups in total. The number of pyridine rings is 1. The van der Waals surface area contributed by atoms with Gasteiger partial charge in [-0.15, -0.1) is 0 Å². The van der Waals surface area contributed by atoms with Crippen LogP contribution in [0.15, 0.2) is 47.1 Å². The number of carbonyl (C=O) groups is 1. The Hall–Kier alpha value is -2.08. The summed E-state index contributed by atoms with van der Waals surface area (Å²) in [6, 6.07) is 11.0. The second-order valence-corrected chi connectivity index (χ2v) is 4.75. The third kappa shape index (κ3) is 3.96. The lowest BCUT2D eigenvalue weighted by Crippen LogP contribution is -2.28. The minimum Gasteiger partial charge on any atom is -0.397 e. The normalized spacial score (nSPS) is 9.95. The van der Waals surface area contributed by atoms with Crippen LogP contribution in [0.5, 0.6) is 0 Å². The zero-order chi connectivity index (χ0) is 13.7. The largest absolute Gasteiger partial charge is 0.397 e. The van der Waals surface area contributed by atoms with E-state index in [2.05, 4.69) is 31.5 Å². The van der Waals surface area contributed by atoms with Crippen molar-refractivity contribution in [1.29, 1.82) is 0 Å². The van der Waals surface area contributed by atoms with Gasteiger partial charge in [0.15, 0.2) is 0 Å². The first-order valence-corrected chi connectivity index (χ1v) is 6.44. The predicted octanol–water partition coefficient (Wildman–Crippen LogP) is 2.75. The van der Waals surface area contributed by atoms with Crippen LogP contribution in [-0.2, 0) is 6.54 Å². The number of nitrogens with two attached hydrogens (primary N) is 1. The maximum Gasteiger partial charge on any atom is 0.320 e. The number of nitrogens with zero attached hydrogens (tertiary/aromatic N) is 1. The lowest BCUT2D eigenvalue weighted by molar-refractivity contribution is 0.251. The minimum absolute atomic E-state index is 0.318. The molecule has 2 rings (SSSR count). The molecule has 0 bridgehead atoms. The van der Waals surface area contributed by atoms with Crippen LogP contribution in [0.3, 0.4) is 0 Å². The zero-order valence-electron chi connectivity index (χ0n) is 10.1. The van der Waals surface area contributed by atoms with Gasteiger partial charge in [-0.05, 0) is 27.6 Å². The Bertz CT molecular complexity index is 574. The van der Waals surface area contributed by atoms with E-state index in [1.165, 1.54) is 6.20 Å². The summed E-state index contributed by atoms with van der Waals surface area (Å²) < 4.78 is 0.641. The highest BCUT2D eigenvalue weighted by atomic mass is 79.9. The molecule has 0 aliphatic carbocycles. The highest BCUT2D eigenvalue weighted by molar-refractivity contribution is 9.10. The van der Waals surface area contributed by atoms with E-state index in [0.29, 0.717) is 22.5 Å². The van der Waals surface area contributed by atoms with Crippen molar-refractivity contribution in [2.24, 2.45) is 0 Å². The summed E-state index contributed by atoms with van der Waals surface area (Å²) in [4.78, 5) is 15.7. The van der Waals surface area contributed by atoms with Crippen LogP contribution in [0.25, 0.3) is 0 Å². The summed E-state index contributed by atoms with van der Waals surface area (Å²) in [6.45, 7) is 0.458. The third-order valence-corrected chi connectivity index (χ3v) is 2.99. The van der Waals surface area contributed by atoms with Crippen LogP contribution in [-0.4, -0.2) is 11.0 Å². The van der Waals surface area contributed by atoms with Gasteiger partial charge >= 0.3 is 6.03 Å². The lowest BCUT2D eigenvalue weighted by Gasteiger charge is -2.08. The average molecular weight is 321 g/mol. The van der Waals surface area contributed by atoms with Crippen molar-refractivity contribution in [1.82, 2.24) is 10.3 Å². The number of nitrogens with one attached hydrogen (secondary N) is 2. The van der Waals surface area contributed by atoms with Gasteiger partial charge in [0, 0.05) is 6.54 Å². The van der Waals surface area contributed by atoms with Crippen LogP contribution in [0.2, 0.25) is 0 Å². The van der Waals surface area contributed by atoms with Crippen molar-refractivity contribution in [3.8, 4) is 0 Å². The maximum atomic E-state index is 11.7. The smallest absolute Gasteiger partial charge is 0.320 e. The van der Waals surface area contributed by atoms with Crippen LogP contribution in [0.1, 0.15) is 5.56 Å². The van der Waals surface area contributed by atoms with E-state index in [1.807, 2.05) is 30.3 Å². The van der Waals surface area contributed by atoms with Gasteiger partial charge in [0.1, 0.15) is 5.82 Å². The van der Waals surface area contributed by atoms with Gasteiger partial charge in [0.2, 0.25) is 0 Å². The number of anilines is 2. The van der Waals surface area contributed by atoms with E-state index in [-0.39, 0.29) is 6.03 Å². The number of hydrogen-bond donors (Lipinski definition) is 3. The van der Waals surface area contributed by atoms with Gasteiger partial charge in [0.25, 0.3) is 0 Å². The summed E-state index contributed by atoms with van der Waals surface area (Å²) in [5.74, 6) is 0.430. The van der Waals surface area contributed by atoms with E-state index >= 15 is 0 Å². The first-order chi connectivity index (χ1) is 9.15. The third-order valence-electron chi connectivity index (χ3n) is 2.39. The van der Waals surface area contributed by atoms with Gasteiger partial charge in [0.05, 0.1) is 16.4 Å². The molecule has 0 radical (unpaired) electrons. The fourth-order valence-electron chi connectivity index (χ4n) is 1.47. The second-order valence-electron chi connectivity index (χ2n) is 3.89. The van der Waals surface area contributed by atoms with Crippen molar-refractivity contribution >= 4 is 33.5 Å². The lowest BCUT2D eigenvalue weighted by atomic mass is 10.2. The van der Waals surface area contributed by atoms with Crippen LogP contribution < -0.4 is 16.4 Å². The maximum absolute atomic E-state index is 11.7. The number of urea groups is 1. The topological polar surface area (TPSA) is 80.0 Å². The molecule has 6 heteroatoms. The Balaban J connectivity index is 1.91. The van der Waals surface area contributed by atoms with Crippen LogP contribution >= 0.6 is 15.9 Å². The molecule has 5 nitrogen and oxygen atoms in total. The quantitative estimate of drug-likeness (QED) is 0.813. The molecule has 1 aromatic heterocycles. The van der Waals surface area contributed by atoms with Gasteiger partial charge in [-0.1, -0.05) is 30.3 Å². The fourth-order valence-corrected chi connectivity index (χ4v) is 1.94. The monoisotopic (exact) mass is 320 g/mol. The molecule has 0 saturated heterocycles. The number of aromatic nitrogens is 1. The summed E-state index contributed by atoms with van der Waals surface area (Å²) in [5.41, 5.74) is 7.13. The predicted molar refractivity (Wildman–Crippen MR) is 78.6 cm³/mol. The van der Waals surface area contributed by atoms with Gasteiger partial charge in [-0.2, -0.15) is 0 Å². The number of hydrogen-bond acceptors (Lipinski definition) is 3. The van der Waals surface area contributed by atoms with Crippen molar-refractivity contribution in [2.75, 3.05) is 11.1 Å². The summed E-state index contributed by atoms with van der Waals surface area (Å²) in [5, 5.41) is 5.39. The van der Waals surface area contributed by atoms with Crippen LogP contribution in [0, 0.1) is 0 Å². The molecule has 0 saturated carbocycles. The Kier molecular flexibility index (Phi) is 4.35. The number of benzene rings is 1. The molecule has 1 aromatic carbocycles. The fraction of sp³-hybridized carbons (Fsp3) is 0.0769. The van der Waals surface area contributed by atoms with E-state index in [0.717, 1.165) is 5.56 Å². The number of nitrogen functional groups attached to an aromatic ring is 1. The summed E-state index contributed by atoms with van der Waals surface area (Å²) in [7, 11) is 0. The molecule has 2 aromatic rings. The van der Waals surface area contributed by atoms with Crippen molar-refractivity contribution in [3.63, 3.8) is 0 Å². The summed E-state index contributed by atoms with van der Waals surface area (Å²) in [6.07, 6.45) is 1.48. The first kappa shape index (κ1) is 13.4. The Morgan fingerprint density at radius 1 is 1.32 bits per heavy atom. The molecule has 0 aliphatic rings. The molecule has 2 amide bonds. The van der Waals surface area contributed by atoms with E-state index < -0.39 is 0 Å². The van der Waals surface area contributed by atoms with E-state index in [1.54, 1.807) is 6.07 Å². The highest BCUT2D eigenvalue weighted by Gasteiger charge is 2.06. The molecule has 0 atom stereocenters. The summed E-state index contributed by atoms with van der Waals surface area (Å²) >= 11 is 3.29. The van der Waals surface area contributed by atoms with Crippen molar-refractivity contribution in [3.05, 3.63) is 52.6 Å². The molecular formula is C13H13BrN4O. The molecule has 0 fully saturated rings. The molecule has 0 spiro atoms. The molecule has 19 heavy (non-hydrogen) atoms. The average Bonchev–Trinajstić information content (AvgIpc) is 2.41. The van der Waals surface area contributed by atoms with E-state index in [4.69, 9.17) is 5.73 Å². The Morgan fingerprint density at radius 2 is 2.05 bits per heavy atom. The molecular weight excluding hydrogens is 308 g/mol. The van der Waals surface area contributed by atoms with E-state index in [9.17, 15) is 4.79 Å². The van der Waals surface area contributed by atoms with Crippen molar-refractivity contribution in [2.45, 2.75) is 6.54 Å². The van der Waals surface area contributed by atoms with Crippen LogP contribution in [0.4, 0.5) is 16.3 Å². The Labute approximate surface area is 119 Å². The number of amides is 2. The SMILES string of the molecule is Nc1cnc(NC(=O)NCc2ccccc2)c(Br)c1. The molecule has 1 heterocycles. The Morgan fingerprint density at radius 3 is 2.74 bits per heavy atom. The van der Waals surface area contributed by atoms with Gasteiger partial charge in [-0.3, -0.25) is 5.32 Å². The zero-order valence-corrected chi connectivity index (χ0v) is 11.6. The standard InChI is InChI=1S/C13H13BrN4O/c14-11-6-10(15)8-16-12(11)18-13(19)17-7-9-4-2-1-3-5-9/h1-6,8H,7,15H2,(H2,16,17,18,19). The number of carbonyl (C=O) groups excluding carboxylic acids is 1. The molecule has 98 valence electrons. The van der Waals surface area contributed by atoms with Crippen molar-refractivity contribution < 1.29 is 4.79 Å². The van der Waals surface area contributed by atoms with Gasteiger partial charge < -0.3 is 11.1 Å². The number of rotatable bonds is 3. The molecule has 0 aliphatic heterocycles. The van der Waals surface area contributed by atoms with Gasteiger partial charge in [-0.25, -0.2) is 9.78 Å². The minimum atomic E-state index is -0.318. The second kappa shape index (κ2) is 6.19. The molecule has 0 unspecified atom stereocenters. The number of halogens is 1. The first-order valence-electron chi connectivity index (χ1n) is 5.65.